The van der Waals surface area contributed by atoms with Gasteiger partial charge in [-0.05, 0) is 46.1 Å². The first kappa shape index (κ1) is 18.3. The van der Waals surface area contributed by atoms with Crippen molar-refractivity contribution in [2.24, 2.45) is 0 Å². The maximum Gasteiger partial charge on any atom is 0.110 e. The van der Waals surface area contributed by atoms with Crippen LogP contribution >= 0.6 is 11.3 Å². The van der Waals surface area contributed by atoms with Crippen molar-refractivity contribution in [3.8, 4) is 0 Å². The van der Waals surface area contributed by atoms with E-state index in [9.17, 15) is 5.11 Å². The Morgan fingerprint density at radius 1 is 1.38 bits per heavy atom. The van der Waals surface area contributed by atoms with E-state index in [1.54, 1.807) is 18.4 Å². The van der Waals surface area contributed by atoms with Crippen molar-refractivity contribution >= 4 is 11.3 Å². The van der Waals surface area contributed by atoms with Gasteiger partial charge in [0.15, 0.2) is 0 Å². The van der Waals surface area contributed by atoms with Gasteiger partial charge in [0.2, 0.25) is 0 Å². The number of aromatic nitrogens is 1. The van der Waals surface area contributed by atoms with Crippen molar-refractivity contribution in [1.82, 2.24) is 14.8 Å². The predicted molar refractivity (Wildman–Crippen MR) is 97.3 cm³/mol. The lowest BCUT2D eigenvalue weighted by molar-refractivity contribution is -0.0353. The predicted octanol–water partition coefficient (Wildman–Crippen LogP) is 2.45. The number of methoxy groups -OCH3 is 1. The van der Waals surface area contributed by atoms with Crippen molar-refractivity contribution < 1.29 is 9.84 Å². The Hall–Kier alpha value is -0.530. The summed E-state index contributed by atoms with van der Waals surface area (Å²) in [6.45, 7) is 9.14. The van der Waals surface area contributed by atoms with Gasteiger partial charge >= 0.3 is 0 Å². The average molecular weight is 354 g/mol. The molecule has 1 aromatic heterocycles. The van der Waals surface area contributed by atoms with Gasteiger partial charge in [0.1, 0.15) is 10.6 Å². The van der Waals surface area contributed by atoms with E-state index in [1.165, 1.54) is 12.8 Å². The van der Waals surface area contributed by atoms with Crippen LogP contribution in [0.4, 0.5) is 0 Å². The minimum Gasteiger partial charge on any atom is -0.383 e. The fraction of sp³-hybridized carbons (Fsp3) is 0.833. The van der Waals surface area contributed by atoms with E-state index in [0.29, 0.717) is 12.1 Å². The van der Waals surface area contributed by atoms with Crippen molar-refractivity contribution in [3.05, 3.63) is 16.1 Å². The second-order valence-corrected chi connectivity index (χ2v) is 8.45. The zero-order chi connectivity index (χ0) is 17.2. The summed E-state index contributed by atoms with van der Waals surface area (Å²) in [7, 11) is 1.77. The molecule has 3 heterocycles. The van der Waals surface area contributed by atoms with Crippen LogP contribution in [0.3, 0.4) is 0 Å². The number of nitrogens with zero attached hydrogens (tertiary/aromatic N) is 3. The molecule has 6 heteroatoms. The Kier molecular flexibility index (Phi) is 5.93. The van der Waals surface area contributed by atoms with Crippen LogP contribution in [0.15, 0.2) is 5.38 Å². The molecule has 3 rings (SSSR count). The van der Waals surface area contributed by atoms with E-state index in [-0.39, 0.29) is 0 Å². The lowest BCUT2D eigenvalue weighted by Crippen LogP contribution is -2.45. The first-order chi connectivity index (χ1) is 11.5. The number of aliphatic hydroxyl groups is 1. The van der Waals surface area contributed by atoms with Gasteiger partial charge in [0.25, 0.3) is 0 Å². The zero-order valence-corrected chi connectivity index (χ0v) is 16.0. The number of rotatable bonds is 6. The number of piperidine rings is 1. The monoisotopic (exact) mass is 353 g/mol. The van der Waals surface area contributed by atoms with Crippen LogP contribution in [-0.2, 0) is 16.9 Å². The highest BCUT2D eigenvalue weighted by Crippen LogP contribution is 2.34. The molecule has 5 nitrogen and oxygen atoms in total. The Morgan fingerprint density at radius 2 is 2.12 bits per heavy atom. The largest absolute Gasteiger partial charge is 0.383 e. The van der Waals surface area contributed by atoms with Crippen LogP contribution in [0.1, 0.15) is 50.2 Å². The van der Waals surface area contributed by atoms with Gasteiger partial charge in [0, 0.05) is 37.7 Å². The molecule has 136 valence electrons. The molecule has 2 aliphatic rings. The average Bonchev–Trinajstić information content (AvgIpc) is 3.19. The Balaban J connectivity index is 1.61. The van der Waals surface area contributed by atoms with E-state index in [0.717, 1.165) is 56.3 Å². The second-order valence-electron chi connectivity index (χ2n) is 7.51. The van der Waals surface area contributed by atoms with Gasteiger partial charge in [-0.3, -0.25) is 4.90 Å². The molecule has 0 aromatic carbocycles. The first-order valence-corrected chi connectivity index (χ1v) is 10.0. The number of thiazole rings is 1. The summed E-state index contributed by atoms with van der Waals surface area (Å²) >= 11 is 1.69. The van der Waals surface area contributed by atoms with Crippen LogP contribution in [0.5, 0.6) is 0 Å². The summed E-state index contributed by atoms with van der Waals surface area (Å²) in [6, 6.07) is 1.06. The van der Waals surface area contributed by atoms with Gasteiger partial charge in [0.05, 0.1) is 18.8 Å². The van der Waals surface area contributed by atoms with Crippen LogP contribution in [0.25, 0.3) is 0 Å². The normalized spacial score (nSPS) is 25.6. The van der Waals surface area contributed by atoms with Crippen LogP contribution in [0.2, 0.25) is 0 Å². The molecule has 0 spiro atoms. The quantitative estimate of drug-likeness (QED) is 0.851. The minimum atomic E-state index is -0.739. The molecular weight excluding hydrogens is 322 g/mol. The fourth-order valence-corrected chi connectivity index (χ4v) is 4.83. The summed E-state index contributed by atoms with van der Waals surface area (Å²) in [6.07, 6.45) is 4.01. The topological polar surface area (TPSA) is 48.8 Å². The highest BCUT2D eigenvalue weighted by molar-refractivity contribution is 7.09. The van der Waals surface area contributed by atoms with Gasteiger partial charge in [-0.2, -0.15) is 0 Å². The van der Waals surface area contributed by atoms with Gasteiger partial charge in [-0.1, -0.05) is 0 Å². The van der Waals surface area contributed by atoms with Crippen molar-refractivity contribution in [1.29, 1.82) is 0 Å². The molecule has 0 bridgehead atoms. The van der Waals surface area contributed by atoms with Gasteiger partial charge in [-0.15, -0.1) is 11.3 Å². The third-order valence-corrected chi connectivity index (χ3v) is 6.41. The molecule has 0 amide bonds. The zero-order valence-electron chi connectivity index (χ0n) is 15.2. The molecular formula is C18H31N3O2S. The molecule has 0 unspecified atom stereocenters. The SMILES string of the molecule is COC[C@H]1CCCN1Cc1nc(C2(O)CCN(C(C)C)CC2)cs1. The number of likely N-dealkylation sites (tertiary alicyclic amines) is 2. The molecule has 2 saturated heterocycles. The van der Waals surface area contributed by atoms with E-state index < -0.39 is 5.60 Å². The van der Waals surface area contributed by atoms with Crippen molar-refractivity contribution in [3.63, 3.8) is 0 Å². The number of hydrogen-bond acceptors (Lipinski definition) is 6. The van der Waals surface area contributed by atoms with Crippen molar-refractivity contribution in [2.45, 2.75) is 63.8 Å². The molecule has 24 heavy (non-hydrogen) atoms. The van der Waals surface area contributed by atoms with Crippen LogP contribution in [-0.4, -0.2) is 65.3 Å². The molecule has 1 aromatic rings. The summed E-state index contributed by atoms with van der Waals surface area (Å²) in [5.74, 6) is 0. The second kappa shape index (κ2) is 7.79. The summed E-state index contributed by atoms with van der Waals surface area (Å²) in [4.78, 5) is 9.70. The highest BCUT2D eigenvalue weighted by Gasteiger charge is 2.37. The van der Waals surface area contributed by atoms with E-state index in [4.69, 9.17) is 9.72 Å². The fourth-order valence-electron chi connectivity index (χ4n) is 3.92. The minimum absolute atomic E-state index is 0.514. The standard InChI is InChI=1S/C18H31N3O2S/c1-14(2)20-9-6-18(22,7-10-20)16-13-24-17(19-16)11-21-8-4-5-15(21)12-23-3/h13-15,22H,4-12H2,1-3H3/t15-/m1/s1. The summed E-state index contributed by atoms with van der Waals surface area (Å²) in [5, 5.41) is 14.2. The van der Waals surface area contributed by atoms with Crippen LogP contribution < -0.4 is 0 Å². The first-order valence-electron chi connectivity index (χ1n) is 9.16. The number of ether oxygens (including phenoxy) is 1. The van der Waals surface area contributed by atoms with E-state index in [2.05, 4.69) is 29.0 Å². The van der Waals surface area contributed by atoms with Crippen molar-refractivity contribution in [2.75, 3.05) is 33.4 Å². The Morgan fingerprint density at radius 3 is 2.79 bits per heavy atom. The number of hydrogen-bond donors (Lipinski definition) is 1. The van der Waals surface area contributed by atoms with Gasteiger partial charge in [-0.25, -0.2) is 4.98 Å². The third kappa shape index (κ3) is 3.99. The molecule has 0 aliphatic carbocycles. The highest BCUT2D eigenvalue weighted by atomic mass is 32.1. The maximum absolute atomic E-state index is 11.0. The van der Waals surface area contributed by atoms with E-state index in [1.807, 2.05) is 0 Å². The lowest BCUT2D eigenvalue weighted by atomic mass is 9.88. The smallest absolute Gasteiger partial charge is 0.110 e. The lowest BCUT2D eigenvalue weighted by Gasteiger charge is -2.39. The molecule has 0 saturated carbocycles. The Labute approximate surface area is 149 Å². The molecule has 1 atom stereocenters. The molecule has 2 fully saturated rings. The van der Waals surface area contributed by atoms with E-state index >= 15 is 0 Å². The molecule has 1 N–H and O–H groups in total. The van der Waals surface area contributed by atoms with Crippen LogP contribution in [0, 0.1) is 0 Å². The van der Waals surface area contributed by atoms with Gasteiger partial charge < -0.3 is 14.7 Å². The third-order valence-electron chi connectivity index (χ3n) is 5.58. The maximum atomic E-state index is 11.0. The molecule has 2 aliphatic heterocycles. The summed E-state index contributed by atoms with van der Waals surface area (Å²) < 4.78 is 5.34. The summed E-state index contributed by atoms with van der Waals surface area (Å²) in [5.41, 5.74) is 0.144. The Bertz CT molecular complexity index is 526. The molecule has 0 radical (unpaired) electrons.